The van der Waals surface area contributed by atoms with Crippen LogP contribution in [-0.4, -0.2) is 22.9 Å². The van der Waals surface area contributed by atoms with E-state index in [0.717, 1.165) is 12.8 Å². The zero-order chi connectivity index (χ0) is 17.0. The SMILES string of the molecule is CC(O)CCCCCCCCCCCCCCCCCCCO. The second-order valence-corrected chi connectivity index (χ2v) is 7.37. The summed E-state index contributed by atoms with van der Waals surface area (Å²) in [7, 11) is 0. The zero-order valence-corrected chi connectivity index (χ0v) is 15.9. The molecular formula is C21H44O2. The van der Waals surface area contributed by atoms with Gasteiger partial charge in [-0.15, -0.1) is 0 Å². The largest absolute Gasteiger partial charge is 0.396 e. The molecule has 2 N–H and O–H groups in total. The maximum Gasteiger partial charge on any atom is 0.0512 e. The van der Waals surface area contributed by atoms with Crippen molar-refractivity contribution in [3.8, 4) is 0 Å². The van der Waals surface area contributed by atoms with Crippen molar-refractivity contribution in [2.45, 2.75) is 129 Å². The molecule has 23 heavy (non-hydrogen) atoms. The van der Waals surface area contributed by atoms with Crippen LogP contribution in [0.15, 0.2) is 0 Å². The van der Waals surface area contributed by atoms with Crippen LogP contribution in [0, 0.1) is 0 Å². The highest BCUT2D eigenvalue weighted by atomic mass is 16.3. The number of hydrogen-bond donors (Lipinski definition) is 2. The molecule has 0 spiro atoms. The first-order chi connectivity index (χ1) is 11.3. The summed E-state index contributed by atoms with van der Waals surface area (Å²) in [4.78, 5) is 0. The van der Waals surface area contributed by atoms with Gasteiger partial charge >= 0.3 is 0 Å². The minimum absolute atomic E-state index is 0.110. The number of rotatable bonds is 19. The molecule has 0 aliphatic carbocycles. The Labute approximate surface area is 146 Å². The minimum atomic E-state index is -0.110. The van der Waals surface area contributed by atoms with E-state index in [0.29, 0.717) is 6.61 Å². The Bertz CT molecular complexity index is 204. The van der Waals surface area contributed by atoms with Gasteiger partial charge in [-0.1, -0.05) is 103 Å². The molecule has 0 bridgehead atoms. The van der Waals surface area contributed by atoms with E-state index in [1.165, 1.54) is 103 Å². The van der Waals surface area contributed by atoms with Crippen molar-refractivity contribution in [2.24, 2.45) is 0 Å². The summed E-state index contributed by atoms with van der Waals surface area (Å²) in [6.45, 7) is 2.25. The molecule has 1 unspecified atom stereocenters. The number of hydrogen-bond acceptors (Lipinski definition) is 2. The smallest absolute Gasteiger partial charge is 0.0512 e. The van der Waals surface area contributed by atoms with Crippen molar-refractivity contribution >= 4 is 0 Å². The van der Waals surface area contributed by atoms with E-state index in [-0.39, 0.29) is 6.10 Å². The Balaban J connectivity index is 2.95. The first-order valence-corrected chi connectivity index (χ1v) is 10.6. The molecule has 0 aromatic heterocycles. The zero-order valence-electron chi connectivity index (χ0n) is 15.9. The van der Waals surface area contributed by atoms with Crippen molar-refractivity contribution in [2.75, 3.05) is 6.61 Å². The lowest BCUT2D eigenvalue weighted by atomic mass is 10.0. The third kappa shape index (κ3) is 21.9. The lowest BCUT2D eigenvalue weighted by molar-refractivity contribution is 0.180. The Morgan fingerprint density at radius 3 is 1.00 bits per heavy atom. The molecule has 0 aliphatic rings. The van der Waals surface area contributed by atoms with Gasteiger partial charge in [-0.25, -0.2) is 0 Å². The molecule has 0 rings (SSSR count). The van der Waals surface area contributed by atoms with E-state index in [2.05, 4.69) is 0 Å². The van der Waals surface area contributed by atoms with Crippen LogP contribution in [0.3, 0.4) is 0 Å². The van der Waals surface area contributed by atoms with Gasteiger partial charge in [0.2, 0.25) is 0 Å². The van der Waals surface area contributed by atoms with Crippen molar-refractivity contribution in [1.82, 2.24) is 0 Å². The van der Waals surface area contributed by atoms with Gasteiger partial charge in [-0.05, 0) is 19.8 Å². The molecule has 0 saturated carbocycles. The highest BCUT2D eigenvalue weighted by Gasteiger charge is 1.96. The summed E-state index contributed by atoms with van der Waals surface area (Å²) in [6.07, 6.45) is 23.7. The fraction of sp³-hybridized carbons (Fsp3) is 1.00. The quantitative estimate of drug-likeness (QED) is 0.270. The van der Waals surface area contributed by atoms with Gasteiger partial charge in [-0.2, -0.15) is 0 Å². The average Bonchev–Trinajstić information content (AvgIpc) is 2.53. The molecular weight excluding hydrogens is 284 g/mol. The second-order valence-electron chi connectivity index (χ2n) is 7.37. The predicted molar refractivity (Wildman–Crippen MR) is 102 cm³/mol. The molecule has 2 heteroatoms. The maximum atomic E-state index is 9.18. The molecule has 140 valence electrons. The van der Waals surface area contributed by atoms with Gasteiger partial charge in [0, 0.05) is 6.61 Å². The van der Waals surface area contributed by atoms with Crippen molar-refractivity contribution in [3.63, 3.8) is 0 Å². The Hall–Kier alpha value is -0.0800. The van der Waals surface area contributed by atoms with Crippen LogP contribution in [-0.2, 0) is 0 Å². The molecule has 0 heterocycles. The molecule has 0 aromatic rings. The summed E-state index contributed by atoms with van der Waals surface area (Å²) >= 11 is 0. The Morgan fingerprint density at radius 1 is 0.478 bits per heavy atom. The fourth-order valence-electron chi connectivity index (χ4n) is 3.20. The van der Waals surface area contributed by atoms with E-state index < -0.39 is 0 Å². The normalized spacial score (nSPS) is 12.7. The standard InChI is InChI=1S/C21H44O2/c1-21(23)19-17-15-13-11-9-7-5-3-2-4-6-8-10-12-14-16-18-20-22/h21-23H,2-20H2,1H3. The van der Waals surface area contributed by atoms with Gasteiger partial charge in [0.05, 0.1) is 6.10 Å². The van der Waals surface area contributed by atoms with Crippen LogP contribution in [0.4, 0.5) is 0 Å². The third-order valence-corrected chi connectivity index (χ3v) is 4.78. The van der Waals surface area contributed by atoms with Gasteiger partial charge < -0.3 is 10.2 Å². The maximum absolute atomic E-state index is 9.18. The first kappa shape index (κ1) is 22.9. The monoisotopic (exact) mass is 328 g/mol. The van der Waals surface area contributed by atoms with Crippen molar-refractivity contribution in [3.05, 3.63) is 0 Å². The highest BCUT2D eigenvalue weighted by molar-refractivity contribution is 4.51. The molecule has 1 atom stereocenters. The fourth-order valence-corrected chi connectivity index (χ4v) is 3.20. The summed E-state index contributed by atoms with van der Waals surface area (Å²) < 4.78 is 0. The molecule has 0 aromatic carbocycles. The van der Waals surface area contributed by atoms with Gasteiger partial charge in [0.1, 0.15) is 0 Å². The number of aliphatic hydroxyl groups is 2. The second kappa shape index (κ2) is 20.0. The molecule has 2 nitrogen and oxygen atoms in total. The van der Waals surface area contributed by atoms with Crippen LogP contribution >= 0.6 is 0 Å². The summed E-state index contributed by atoms with van der Waals surface area (Å²) in [5.41, 5.74) is 0. The van der Waals surface area contributed by atoms with Crippen LogP contribution in [0.25, 0.3) is 0 Å². The van der Waals surface area contributed by atoms with E-state index in [1.54, 1.807) is 0 Å². The van der Waals surface area contributed by atoms with Crippen LogP contribution in [0.5, 0.6) is 0 Å². The summed E-state index contributed by atoms with van der Waals surface area (Å²) in [6, 6.07) is 0. The van der Waals surface area contributed by atoms with Gasteiger partial charge in [0.25, 0.3) is 0 Å². The molecule has 0 radical (unpaired) electrons. The van der Waals surface area contributed by atoms with Crippen LogP contribution in [0.1, 0.15) is 122 Å². The van der Waals surface area contributed by atoms with Crippen LogP contribution in [0.2, 0.25) is 0 Å². The highest BCUT2D eigenvalue weighted by Crippen LogP contribution is 2.14. The molecule has 0 amide bonds. The number of unbranched alkanes of at least 4 members (excludes halogenated alkanes) is 16. The molecule has 0 aliphatic heterocycles. The van der Waals surface area contributed by atoms with Crippen LogP contribution < -0.4 is 0 Å². The van der Waals surface area contributed by atoms with Gasteiger partial charge in [-0.3, -0.25) is 0 Å². The Morgan fingerprint density at radius 2 is 0.739 bits per heavy atom. The first-order valence-electron chi connectivity index (χ1n) is 10.6. The van der Waals surface area contributed by atoms with E-state index in [1.807, 2.05) is 6.92 Å². The molecule has 0 saturated heterocycles. The Kier molecular flexibility index (Phi) is 19.9. The van der Waals surface area contributed by atoms with E-state index >= 15 is 0 Å². The third-order valence-electron chi connectivity index (χ3n) is 4.78. The lowest BCUT2D eigenvalue weighted by Crippen LogP contribution is -1.98. The predicted octanol–water partition coefficient (Wildman–Crippen LogP) is 6.38. The summed E-state index contributed by atoms with van der Waals surface area (Å²) in [5.74, 6) is 0. The van der Waals surface area contributed by atoms with Gasteiger partial charge in [0.15, 0.2) is 0 Å². The summed E-state index contributed by atoms with van der Waals surface area (Å²) in [5, 5.41) is 17.9. The van der Waals surface area contributed by atoms with E-state index in [4.69, 9.17) is 5.11 Å². The molecule has 0 fully saturated rings. The van der Waals surface area contributed by atoms with E-state index in [9.17, 15) is 5.11 Å². The van der Waals surface area contributed by atoms with Crippen molar-refractivity contribution in [1.29, 1.82) is 0 Å². The topological polar surface area (TPSA) is 40.5 Å². The lowest BCUT2D eigenvalue weighted by Gasteiger charge is -2.04. The number of aliphatic hydroxyl groups excluding tert-OH is 2. The van der Waals surface area contributed by atoms with Crippen molar-refractivity contribution < 1.29 is 10.2 Å². The minimum Gasteiger partial charge on any atom is -0.396 e. The average molecular weight is 329 g/mol.